The summed E-state index contributed by atoms with van der Waals surface area (Å²) >= 11 is 0. The van der Waals surface area contributed by atoms with E-state index in [1.807, 2.05) is 0 Å². The third-order valence-electron chi connectivity index (χ3n) is 4.04. The van der Waals surface area contributed by atoms with Crippen LogP contribution < -0.4 is 10.6 Å². The minimum atomic E-state index is 0.274. The normalized spacial score (nSPS) is 26.8. The summed E-state index contributed by atoms with van der Waals surface area (Å²) in [5.74, 6) is 1.14. The molecule has 1 aliphatic carbocycles. The lowest BCUT2D eigenvalue weighted by Crippen LogP contribution is -2.49. The quantitative estimate of drug-likeness (QED) is 0.783. The Labute approximate surface area is 110 Å². The summed E-state index contributed by atoms with van der Waals surface area (Å²) in [5.41, 5.74) is 7.28. The van der Waals surface area contributed by atoms with Gasteiger partial charge in [-0.15, -0.1) is 0 Å². The van der Waals surface area contributed by atoms with Gasteiger partial charge in [-0.1, -0.05) is 0 Å². The number of fused-ring (bicyclic) bond motifs is 2. The Bertz CT molecular complexity index is 611. The molecule has 2 unspecified atom stereocenters. The smallest absolute Gasteiger partial charge is 0.224 e. The standard InChI is InChI=1S/C12H16N6O/c13-12-16-10-9(14-6-15-10)11(17-12)18-4-5-19-8-3-1-2-7(8)18/h6-8H,1-5H2,(H3,13,14,15,16,17). The molecule has 0 spiro atoms. The van der Waals surface area contributed by atoms with Crippen molar-refractivity contribution in [2.45, 2.75) is 31.4 Å². The van der Waals surface area contributed by atoms with E-state index in [1.165, 1.54) is 6.42 Å². The number of anilines is 2. The second-order valence-electron chi connectivity index (χ2n) is 5.11. The van der Waals surface area contributed by atoms with Gasteiger partial charge in [-0.2, -0.15) is 9.97 Å². The van der Waals surface area contributed by atoms with E-state index in [1.54, 1.807) is 6.33 Å². The molecule has 0 amide bonds. The highest BCUT2D eigenvalue weighted by molar-refractivity contribution is 5.84. The van der Waals surface area contributed by atoms with Crippen LogP contribution in [0.4, 0.5) is 11.8 Å². The number of ether oxygens (including phenoxy) is 1. The summed E-state index contributed by atoms with van der Waals surface area (Å²) in [4.78, 5) is 18.2. The first-order valence-electron chi connectivity index (χ1n) is 6.68. The second-order valence-corrected chi connectivity index (χ2v) is 5.11. The summed E-state index contributed by atoms with van der Waals surface area (Å²) in [6.45, 7) is 1.58. The molecular weight excluding hydrogens is 244 g/mol. The Hall–Kier alpha value is -1.89. The summed E-state index contributed by atoms with van der Waals surface area (Å²) < 4.78 is 5.84. The van der Waals surface area contributed by atoms with Crippen molar-refractivity contribution in [1.82, 2.24) is 19.9 Å². The molecule has 2 fully saturated rings. The maximum Gasteiger partial charge on any atom is 0.224 e. The number of nitrogens with two attached hydrogens (primary N) is 1. The molecule has 7 heteroatoms. The number of nitrogen functional groups attached to an aromatic ring is 1. The third kappa shape index (κ3) is 1.65. The van der Waals surface area contributed by atoms with Gasteiger partial charge in [0.15, 0.2) is 11.5 Å². The number of aromatic nitrogens is 4. The fraction of sp³-hybridized carbons (Fsp3) is 0.583. The molecule has 4 rings (SSSR count). The van der Waals surface area contributed by atoms with Crippen molar-refractivity contribution in [2.75, 3.05) is 23.8 Å². The minimum Gasteiger partial charge on any atom is -0.374 e. The highest BCUT2D eigenvalue weighted by Crippen LogP contribution is 2.34. The molecule has 1 saturated heterocycles. The van der Waals surface area contributed by atoms with Gasteiger partial charge in [-0.05, 0) is 19.3 Å². The predicted octanol–water partition coefficient (Wildman–Crippen LogP) is 0.693. The van der Waals surface area contributed by atoms with Gasteiger partial charge in [0.05, 0.1) is 25.1 Å². The van der Waals surface area contributed by atoms with Gasteiger partial charge in [-0.25, -0.2) is 4.98 Å². The van der Waals surface area contributed by atoms with Crippen LogP contribution in [-0.4, -0.2) is 45.2 Å². The van der Waals surface area contributed by atoms with Crippen LogP contribution in [0.2, 0.25) is 0 Å². The molecule has 2 atom stereocenters. The molecule has 2 aromatic rings. The van der Waals surface area contributed by atoms with Crippen LogP contribution in [0.25, 0.3) is 11.2 Å². The number of imidazole rings is 1. The molecular formula is C12H16N6O. The summed E-state index contributed by atoms with van der Waals surface area (Å²) in [6.07, 6.45) is 5.44. The zero-order chi connectivity index (χ0) is 12.8. The highest BCUT2D eigenvalue weighted by Gasteiger charge is 2.37. The fourth-order valence-electron chi connectivity index (χ4n) is 3.23. The number of morpholine rings is 1. The third-order valence-corrected chi connectivity index (χ3v) is 4.04. The number of aromatic amines is 1. The molecule has 0 bridgehead atoms. The zero-order valence-corrected chi connectivity index (χ0v) is 10.5. The molecule has 1 saturated carbocycles. The van der Waals surface area contributed by atoms with Gasteiger partial charge in [-0.3, -0.25) is 0 Å². The summed E-state index contributed by atoms with van der Waals surface area (Å²) in [6, 6.07) is 0.398. The van der Waals surface area contributed by atoms with E-state index >= 15 is 0 Å². The van der Waals surface area contributed by atoms with Crippen molar-refractivity contribution in [3.8, 4) is 0 Å². The first kappa shape index (κ1) is 11.0. The maximum atomic E-state index is 5.84. The van der Waals surface area contributed by atoms with Crippen LogP contribution in [0, 0.1) is 0 Å². The first-order chi connectivity index (χ1) is 9.33. The van der Waals surface area contributed by atoms with Crippen LogP contribution >= 0.6 is 0 Å². The summed E-state index contributed by atoms with van der Waals surface area (Å²) in [7, 11) is 0. The number of nitrogens with one attached hydrogen (secondary N) is 1. The van der Waals surface area contributed by atoms with Gasteiger partial charge in [0.2, 0.25) is 5.95 Å². The Balaban J connectivity index is 1.82. The molecule has 100 valence electrons. The topological polar surface area (TPSA) is 92.9 Å². The molecule has 2 aromatic heterocycles. The number of H-pyrrole nitrogens is 1. The van der Waals surface area contributed by atoms with Gasteiger partial charge in [0, 0.05) is 6.54 Å². The number of rotatable bonds is 1. The Morgan fingerprint density at radius 2 is 2.32 bits per heavy atom. The predicted molar refractivity (Wildman–Crippen MR) is 70.8 cm³/mol. The lowest BCUT2D eigenvalue weighted by molar-refractivity contribution is 0.0254. The van der Waals surface area contributed by atoms with Gasteiger partial charge < -0.3 is 20.4 Å². The highest BCUT2D eigenvalue weighted by atomic mass is 16.5. The lowest BCUT2D eigenvalue weighted by Gasteiger charge is -2.38. The van der Waals surface area contributed by atoms with E-state index in [4.69, 9.17) is 10.5 Å². The average molecular weight is 260 g/mol. The van der Waals surface area contributed by atoms with E-state index in [0.717, 1.165) is 37.3 Å². The monoisotopic (exact) mass is 260 g/mol. The zero-order valence-electron chi connectivity index (χ0n) is 10.5. The molecule has 2 aliphatic rings. The SMILES string of the molecule is Nc1nc(N2CCOC3CCCC32)c2[nH]cnc2n1. The van der Waals surface area contributed by atoms with E-state index in [-0.39, 0.29) is 5.95 Å². The van der Waals surface area contributed by atoms with Crippen molar-refractivity contribution >= 4 is 22.9 Å². The molecule has 3 N–H and O–H groups in total. The van der Waals surface area contributed by atoms with Crippen molar-refractivity contribution < 1.29 is 4.74 Å². The van der Waals surface area contributed by atoms with Crippen molar-refractivity contribution in [2.24, 2.45) is 0 Å². The number of nitrogens with zero attached hydrogens (tertiary/aromatic N) is 4. The molecule has 3 heterocycles. The van der Waals surface area contributed by atoms with Crippen molar-refractivity contribution in [3.63, 3.8) is 0 Å². The van der Waals surface area contributed by atoms with E-state index in [9.17, 15) is 0 Å². The Morgan fingerprint density at radius 1 is 1.37 bits per heavy atom. The molecule has 19 heavy (non-hydrogen) atoms. The molecule has 0 aromatic carbocycles. The maximum absolute atomic E-state index is 5.84. The van der Waals surface area contributed by atoms with Crippen LogP contribution in [0.15, 0.2) is 6.33 Å². The summed E-state index contributed by atoms with van der Waals surface area (Å²) in [5, 5.41) is 0. The van der Waals surface area contributed by atoms with Crippen LogP contribution in [-0.2, 0) is 4.74 Å². The Morgan fingerprint density at radius 3 is 3.26 bits per heavy atom. The lowest BCUT2D eigenvalue weighted by atomic mass is 10.1. The number of hydrogen-bond donors (Lipinski definition) is 2. The van der Waals surface area contributed by atoms with Crippen LogP contribution in [0.1, 0.15) is 19.3 Å². The van der Waals surface area contributed by atoms with Crippen LogP contribution in [0.3, 0.4) is 0 Å². The fourth-order valence-corrected chi connectivity index (χ4v) is 3.23. The van der Waals surface area contributed by atoms with E-state index in [0.29, 0.717) is 17.8 Å². The Kier molecular flexibility index (Phi) is 2.34. The number of hydrogen-bond acceptors (Lipinski definition) is 6. The largest absolute Gasteiger partial charge is 0.374 e. The molecule has 1 aliphatic heterocycles. The average Bonchev–Trinajstić information content (AvgIpc) is 3.04. The van der Waals surface area contributed by atoms with Crippen molar-refractivity contribution in [1.29, 1.82) is 0 Å². The minimum absolute atomic E-state index is 0.274. The van der Waals surface area contributed by atoms with Crippen molar-refractivity contribution in [3.05, 3.63) is 6.33 Å². The van der Waals surface area contributed by atoms with E-state index < -0.39 is 0 Å². The van der Waals surface area contributed by atoms with Crippen LogP contribution in [0.5, 0.6) is 0 Å². The van der Waals surface area contributed by atoms with Gasteiger partial charge >= 0.3 is 0 Å². The van der Waals surface area contributed by atoms with Gasteiger partial charge in [0.1, 0.15) is 5.52 Å². The first-order valence-corrected chi connectivity index (χ1v) is 6.68. The molecule has 0 radical (unpaired) electrons. The second kappa shape index (κ2) is 4.06. The molecule has 7 nitrogen and oxygen atoms in total. The van der Waals surface area contributed by atoms with E-state index in [2.05, 4.69) is 24.8 Å². The van der Waals surface area contributed by atoms with Gasteiger partial charge in [0.25, 0.3) is 0 Å².